The van der Waals surface area contributed by atoms with Crippen LogP contribution in [-0.2, 0) is 0 Å². The lowest BCUT2D eigenvalue weighted by Crippen LogP contribution is -2.13. The average molecular weight is 274 g/mol. The quantitative estimate of drug-likeness (QED) is 0.443. The molecule has 0 atom stereocenters. The van der Waals surface area contributed by atoms with Gasteiger partial charge in [0.05, 0.1) is 4.92 Å². The van der Waals surface area contributed by atoms with Crippen molar-refractivity contribution in [1.29, 1.82) is 0 Å². The van der Waals surface area contributed by atoms with Crippen molar-refractivity contribution in [2.75, 3.05) is 10.7 Å². The minimum absolute atomic E-state index is 0.102. The Morgan fingerprint density at radius 3 is 2.55 bits per heavy atom. The molecule has 2 rings (SSSR count). The second-order valence-electron chi connectivity index (χ2n) is 4.17. The predicted molar refractivity (Wildman–Crippen MR) is 75.7 cm³/mol. The van der Waals surface area contributed by atoms with Crippen LogP contribution in [-0.4, -0.2) is 14.9 Å². The number of benzene rings is 1. The van der Waals surface area contributed by atoms with Crippen LogP contribution in [0.4, 0.5) is 23.1 Å². The second-order valence-corrected chi connectivity index (χ2v) is 4.17. The first-order chi connectivity index (χ1) is 9.52. The molecule has 0 saturated heterocycles. The molecule has 20 heavy (non-hydrogen) atoms. The van der Waals surface area contributed by atoms with Crippen LogP contribution in [0.25, 0.3) is 0 Å². The summed E-state index contributed by atoms with van der Waals surface area (Å²) in [5.41, 5.74) is 4.02. The van der Waals surface area contributed by atoms with Crippen LogP contribution in [0.3, 0.4) is 0 Å². The molecule has 104 valence electrons. The van der Waals surface area contributed by atoms with E-state index in [-0.39, 0.29) is 23.1 Å². The molecule has 0 aliphatic carbocycles. The van der Waals surface area contributed by atoms with Gasteiger partial charge in [0.15, 0.2) is 0 Å². The van der Waals surface area contributed by atoms with Crippen LogP contribution in [0.2, 0.25) is 0 Å². The fourth-order valence-corrected chi connectivity index (χ4v) is 1.78. The number of nitrogens with two attached hydrogens (primary N) is 1. The van der Waals surface area contributed by atoms with Gasteiger partial charge >= 0.3 is 5.69 Å². The average Bonchev–Trinajstić information content (AvgIpc) is 2.40. The highest BCUT2D eigenvalue weighted by Crippen LogP contribution is 2.29. The molecule has 8 nitrogen and oxygen atoms in total. The zero-order valence-corrected chi connectivity index (χ0v) is 11.0. The molecule has 0 saturated carbocycles. The van der Waals surface area contributed by atoms with Crippen LogP contribution in [0.1, 0.15) is 11.3 Å². The Bertz CT molecular complexity index is 658. The molecule has 4 N–H and O–H groups in total. The largest absolute Gasteiger partial charge is 0.334 e. The minimum atomic E-state index is -0.518. The molecule has 0 unspecified atom stereocenters. The van der Waals surface area contributed by atoms with Crippen molar-refractivity contribution in [2.24, 2.45) is 5.84 Å². The van der Waals surface area contributed by atoms with E-state index in [4.69, 9.17) is 5.84 Å². The van der Waals surface area contributed by atoms with Crippen molar-refractivity contribution in [3.63, 3.8) is 0 Å². The van der Waals surface area contributed by atoms with Crippen molar-refractivity contribution in [3.8, 4) is 0 Å². The minimum Gasteiger partial charge on any atom is -0.334 e. The Balaban J connectivity index is 2.52. The molecule has 1 aromatic heterocycles. The molecule has 0 fully saturated rings. The van der Waals surface area contributed by atoms with Crippen molar-refractivity contribution >= 4 is 23.1 Å². The maximum absolute atomic E-state index is 11.2. The topological polar surface area (TPSA) is 119 Å². The summed E-state index contributed by atoms with van der Waals surface area (Å²) in [6.07, 6.45) is 0. The monoisotopic (exact) mass is 274 g/mol. The maximum atomic E-state index is 11.2. The number of hydrazine groups is 1. The molecule has 8 heteroatoms. The Morgan fingerprint density at radius 1 is 1.25 bits per heavy atom. The summed E-state index contributed by atoms with van der Waals surface area (Å²) in [5, 5.41) is 14.1. The summed E-state index contributed by atoms with van der Waals surface area (Å²) in [6.45, 7) is 3.42. The van der Waals surface area contributed by atoms with Gasteiger partial charge in [-0.3, -0.25) is 15.5 Å². The lowest BCUT2D eigenvalue weighted by molar-refractivity contribution is -0.385. The Morgan fingerprint density at radius 2 is 1.95 bits per heavy atom. The number of aryl methyl sites for hydroxylation is 2. The van der Waals surface area contributed by atoms with E-state index in [9.17, 15) is 10.1 Å². The summed E-state index contributed by atoms with van der Waals surface area (Å²) in [6, 6.07) is 7.42. The molecule has 0 bridgehead atoms. The number of nitrogens with one attached hydrogen (secondary N) is 2. The van der Waals surface area contributed by atoms with Gasteiger partial charge in [-0.2, -0.15) is 4.98 Å². The number of nitrogen functional groups attached to an aromatic ring is 1. The molecule has 1 heterocycles. The molecule has 0 aliphatic rings. The fourth-order valence-electron chi connectivity index (χ4n) is 1.78. The molecule has 1 aromatic carbocycles. The van der Waals surface area contributed by atoms with E-state index in [1.807, 2.05) is 31.2 Å². The summed E-state index contributed by atoms with van der Waals surface area (Å²) >= 11 is 0. The number of aromatic nitrogens is 2. The lowest BCUT2D eigenvalue weighted by Gasteiger charge is -2.11. The van der Waals surface area contributed by atoms with Gasteiger partial charge in [-0.05, 0) is 25.5 Å². The first-order valence-electron chi connectivity index (χ1n) is 5.85. The summed E-state index contributed by atoms with van der Waals surface area (Å²) in [5.74, 6) is 5.48. The fraction of sp³-hybridized carbons (Fsp3) is 0.167. The first-order valence-corrected chi connectivity index (χ1v) is 5.85. The third-order valence-corrected chi connectivity index (χ3v) is 2.77. The van der Waals surface area contributed by atoms with Gasteiger partial charge in [0.1, 0.15) is 5.69 Å². The molecule has 0 aliphatic heterocycles. The van der Waals surface area contributed by atoms with E-state index in [0.717, 1.165) is 11.3 Å². The van der Waals surface area contributed by atoms with Gasteiger partial charge < -0.3 is 5.32 Å². The van der Waals surface area contributed by atoms with Crippen molar-refractivity contribution in [1.82, 2.24) is 9.97 Å². The van der Waals surface area contributed by atoms with Gasteiger partial charge in [-0.15, -0.1) is 0 Å². The molecule has 0 amide bonds. The number of rotatable bonds is 4. The number of nitro groups is 1. The number of para-hydroxylation sites is 1. The number of nitrogens with zero attached hydrogens (tertiary/aromatic N) is 3. The predicted octanol–water partition coefficient (Wildman–Crippen LogP) is 2.03. The molecule has 0 spiro atoms. The van der Waals surface area contributed by atoms with Crippen molar-refractivity contribution < 1.29 is 4.92 Å². The molecular formula is C12H14N6O2. The van der Waals surface area contributed by atoms with Crippen LogP contribution in [0.5, 0.6) is 0 Å². The summed E-state index contributed by atoms with van der Waals surface area (Å²) < 4.78 is 0. The highest BCUT2D eigenvalue weighted by atomic mass is 16.6. The van der Waals surface area contributed by atoms with Crippen LogP contribution < -0.4 is 16.6 Å². The van der Waals surface area contributed by atoms with Crippen molar-refractivity contribution in [2.45, 2.75) is 13.8 Å². The van der Waals surface area contributed by atoms with Crippen LogP contribution in [0.15, 0.2) is 24.3 Å². The Labute approximate surface area is 115 Å². The van der Waals surface area contributed by atoms with E-state index < -0.39 is 4.92 Å². The van der Waals surface area contributed by atoms with Gasteiger partial charge in [-0.1, -0.05) is 18.2 Å². The summed E-state index contributed by atoms with van der Waals surface area (Å²) in [7, 11) is 0. The third kappa shape index (κ3) is 2.64. The Hall–Kier alpha value is -2.74. The number of hydrogen-bond donors (Lipinski definition) is 3. The smallest absolute Gasteiger partial charge is 0.332 e. The van der Waals surface area contributed by atoms with E-state index in [1.54, 1.807) is 0 Å². The second kappa shape index (κ2) is 5.49. The standard InChI is InChI=1S/C12H14N6O2/c1-7-5-3-4-6-9(7)15-11-10(18(19)20)8(2)14-12(16-11)17-13/h3-6H,13H2,1-2H3,(H2,14,15,16,17). The lowest BCUT2D eigenvalue weighted by atomic mass is 10.2. The van der Waals surface area contributed by atoms with E-state index in [0.29, 0.717) is 0 Å². The van der Waals surface area contributed by atoms with Gasteiger partial charge in [0.25, 0.3) is 0 Å². The van der Waals surface area contributed by atoms with Crippen LogP contribution in [0, 0.1) is 24.0 Å². The number of anilines is 3. The maximum Gasteiger partial charge on any atom is 0.332 e. The highest BCUT2D eigenvalue weighted by Gasteiger charge is 2.22. The Kier molecular flexibility index (Phi) is 3.76. The number of hydrogen-bond acceptors (Lipinski definition) is 7. The van der Waals surface area contributed by atoms with Gasteiger partial charge in [0, 0.05) is 5.69 Å². The molecule has 0 radical (unpaired) electrons. The van der Waals surface area contributed by atoms with Crippen LogP contribution >= 0.6 is 0 Å². The van der Waals surface area contributed by atoms with Gasteiger partial charge in [-0.25, -0.2) is 10.8 Å². The first kappa shape index (κ1) is 13.7. The SMILES string of the molecule is Cc1ccccc1Nc1nc(NN)nc(C)c1[N+](=O)[O-]. The normalized spacial score (nSPS) is 10.2. The van der Waals surface area contributed by atoms with Crippen molar-refractivity contribution in [3.05, 3.63) is 45.6 Å². The van der Waals surface area contributed by atoms with Gasteiger partial charge in [0.2, 0.25) is 11.8 Å². The molecule has 2 aromatic rings. The zero-order chi connectivity index (χ0) is 14.7. The highest BCUT2D eigenvalue weighted by molar-refractivity contribution is 5.69. The zero-order valence-electron chi connectivity index (χ0n) is 11.0. The van der Waals surface area contributed by atoms with E-state index in [1.165, 1.54) is 6.92 Å². The van der Waals surface area contributed by atoms with E-state index in [2.05, 4.69) is 20.7 Å². The third-order valence-electron chi connectivity index (χ3n) is 2.77. The van der Waals surface area contributed by atoms with E-state index >= 15 is 0 Å². The molecular weight excluding hydrogens is 260 g/mol. The summed E-state index contributed by atoms with van der Waals surface area (Å²) in [4.78, 5) is 18.6.